The fourth-order valence-electron chi connectivity index (χ4n) is 1.90. The second-order valence-electron chi connectivity index (χ2n) is 4.58. The largest absolute Gasteiger partial charge is 0.493 e. The van der Waals surface area contributed by atoms with Gasteiger partial charge in [0.05, 0.1) is 13.4 Å². The van der Waals surface area contributed by atoms with Crippen LogP contribution >= 0.6 is 0 Å². The summed E-state index contributed by atoms with van der Waals surface area (Å²) in [5, 5.41) is 0.921. The minimum absolute atomic E-state index is 0.314. The fraction of sp³-hybridized carbons (Fsp3) is 0.312. The molecule has 0 spiro atoms. The van der Waals surface area contributed by atoms with E-state index in [1.54, 1.807) is 26.4 Å². The van der Waals surface area contributed by atoms with Gasteiger partial charge in [0.25, 0.3) is 0 Å². The molecular weight excluding hydrogens is 256 g/mol. The Kier molecular flexibility index (Phi) is 4.13. The Balaban J connectivity index is 2.30. The number of esters is 1. The lowest BCUT2D eigenvalue weighted by atomic mass is 10.1. The molecule has 20 heavy (non-hydrogen) atoms. The molecule has 0 aliphatic rings. The van der Waals surface area contributed by atoms with E-state index in [0.29, 0.717) is 16.9 Å². The topological polar surface area (TPSA) is 48.7 Å². The van der Waals surface area contributed by atoms with Gasteiger partial charge in [0.2, 0.25) is 0 Å². The van der Waals surface area contributed by atoms with Gasteiger partial charge in [-0.3, -0.25) is 0 Å². The lowest BCUT2D eigenvalue weighted by Gasteiger charge is -2.15. The van der Waals surface area contributed by atoms with Crippen LogP contribution in [0.2, 0.25) is 0 Å². The lowest BCUT2D eigenvalue weighted by molar-refractivity contribution is -0.143. The van der Waals surface area contributed by atoms with Crippen LogP contribution in [-0.2, 0) is 9.53 Å². The van der Waals surface area contributed by atoms with Crippen molar-refractivity contribution in [2.75, 3.05) is 7.11 Å². The van der Waals surface area contributed by atoms with Crippen LogP contribution in [0.15, 0.2) is 40.5 Å². The SMILES string of the molecule is CC=C(C)C(=O)OC(C)c1cc(OC)c2occc2c1. The molecular formula is C16H18O4. The maximum absolute atomic E-state index is 11.8. The van der Waals surface area contributed by atoms with Crippen LogP contribution in [0.4, 0.5) is 0 Å². The van der Waals surface area contributed by atoms with E-state index in [1.807, 2.05) is 32.0 Å². The standard InChI is InChI=1S/C16H18O4/c1-5-10(2)16(17)20-11(3)13-8-12-6-7-19-15(12)14(9-13)18-4/h5-9,11H,1-4H3. The summed E-state index contributed by atoms with van der Waals surface area (Å²) in [6.45, 7) is 5.37. The molecule has 1 heterocycles. The predicted molar refractivity (Wildman–Crippen MR) is 76.7 cm³/mol. The van der Waals surface area contributed by atoms with Gasteiger partial charge in [-0.2, -0.15) is 0 Å². The highest BCUT2D eigenvalue weighted by molar-refractivity contribution is 5.88. The maximum atomic E-state index is 11.8. The van der Waals surface area contributed by atoms with Crippen LogP contribution in [0.3, 0.4) is 0 Å². The molecule has 106 valence electrons. The highest BCUT2D eigenvalue weighted by atomic mass is 16.5. The summed E-state index contributed by atoms with van der Waals surface area (Å²) >= 11 is 0. The van der Waals surface area contributed by atoms with Gasteiger partial charge in [0.15, 0.2) is 11.3 Å². The Bertz CT molecular complexity index is 652. The molecule has 0 fully saturated rings. The Morgan fingerprint density at radius 3 is 2.80 bits per heavy atom. The molecule has 1 atom stereocenters. The van der Waals surface area contributed by atoms with E-state index in [-0.39, 0.29) is 12.1 Å². The fourth-order valence-corrected chi connectivity index (χ4v) is 1.90. The van der Waals surface area contributed by atoms with Gasteiger partial charge in [-0.25, -0.2) is 4.79 Å². The molecule has 0 radical (unpaired) electrons. The molecule has 1 aromatic heterocycles. The van der Waals surface area contributed by atoms with E-state index in [1.165, 1.54) is 0 Å². The molecule has 1 aromatic carbocycles. The van der Waals surface area contributed by atoms with Gasteiger partial charge >= 0.3 is 5.97 Å². The van der Waals surface area contributed by atoms with Crippen LogP contribution < -0.4 is 4.74 Å². The minimum Gasteiger partial charge on any atom is -0.493 e. The minimum atomic E-state index is -0.356. The van der Waals surface area contributed by atoms with Crippen LogP contribution in [0, 0.1) is 0 Å². The van der Waals surface area contributed by atoms with E-state index >= 15 is 0 Å². The van der Waals surface area contributed by atoms with Crippen LogP contribution in [0.5, 0.6) is 5.75 Å². The smallest absolute Gasteiger partial charge is 0.333 e. The number of ether oxygens (including phenoxy) is 2. The third-order valence-corrected chi connectivity index (χ3v) is 3.27. The van der Waals surface area contributed by atoms with E-state index in [0.717, 1.165) is 10.9 Å². The number of methoxy groups -OCH3 is 1. The molecule has 0 amide bonds. The van der Waals surface area contributed by atoms with Gasteiger partial charge < -0.3 is 13.9 Å². The Labute approximate surface area is 118 Å². The first-order chi connectivity index (χ1) is 9.56. The number of carbonyl (C=O) groups is 1. The monoisotopic (exact) mass is 274 g/mol. The van der Waals surface area contributed by atoms with Gasteiger partial charge in [0.1, 0.15) is 6.10 Å². The number of allylic oxidation sites excluding steroid dienone is 1. The average molecular weight is 274 g/mol. The molecule has 1 unspecified atom stereocenters. The molecule has 0 aliphatic heterocycles. The van der Waals surface area contributed by atoms with Crippen molar-refractivity contribution in [2.45, 2.75) is 26.9 Å². The Morgan fingerprint density at radius 2 is 2.15 bits per heavy atom. The number of hydrogen-bond donors (Lipinski definition) is 0. The maximum Gasteiger partial charge on any atom is 0.333 e. The van der Waals surface area contributed by atoms with E-state index < -0.39 is 0 Å². The van der Waals surface area contributed by atoms with E-state index in [2.05, 4.69) is 0 Å². The third-order valence-electron chi connectivity index (χ3n) is 3.27. The van der Waals surface area contributed by atoms with Crippen molar-refractivity contribution in [1.29, 1.82) is 0 Å². The summed E-state index contributed by atoms with van der Waals surface area (Å²) in [7, 11) is 1.59. The van der Waals surface area contributed by atoms with Crippen LogP contribution in [0.25, 0.3) is 11.0 Å². The van der Waals surface area contributed by atoms with Gasteiger partial charge in [-0.15, -0.1) is 0 Å². The zero-order valence-corrected chi connectivity index (χ0v) is 12.1. The summed E-state index contributed by atoms with van der Waals surface area (Å²) in [6.07, 6.45) is 2.98. The third kappa shape index (κ3) is 2.69. The normalized spacial score (nSPS) is 13.3. The first kappa shape index (κ1) is 14.2. The number of furan rings is 1. The van der Waals surface area contributed by atoms with E-state index in [4.69, 9.17) is 13.9 Å². The number of carbonyl (C=O) groups excluding carboxylic acids is 1. The zero-order chi connectivity index (χ0) is 14.7. The molecule has 0 saturated carbocycles. The molecule has 0 aliphatic carbocycles. The predicted octanol–water partition coefficient (Wildman–Crippen LogP) is 4.01. The zero-order valence-electron chi connectivity index (χ0n) is 12.1. The molecule has 0 saturated heterocycles. The van der Waals surface area contributed by atoms with Crippen molar-refractivity contribution in [3.63, 3.8) is 0 Å². The van der Waals surface area contributed by atoms with Crippen molar-refractivity contribution in [2.24, 2.45) is 0 Å². The van der Waals surface area contributed by atoms with Crippen molar-refractivity contribution >= 4 is 16.9 Å². The summed E-state index contributed by atoms with van der Waals surface area (Å²) in [5.41, 5.74) is 2.15. The Morgan fingerprint density at radius 1 is 1.40 bits per heavy atom. The highest BCUT2D eigenvalue weighted by Crippen LogP contribution is 2.32. The van der Waals surface area contributed by atoms with Gasteiger partial charge in [0, 0.05) is 11.0 Å². The molecule has 0 bridgehead atoms. The van der Waals surface area contributed by atoms with Crippen molar-refractivity contribution < 1.29 is 18.7 Å². The number of fused-ring (bicyclic) bond motifs is 1. The van der Waals surface area contributed by atoms with Crippen molar-refractivity contribution in [3.8, 4) is 5.75 Å². The van der Waals surface area contributed by atoms with Gasteiger partial charge in [-0.1, -0.05) is 6.08 Å². The second-order valence-corrected chi connectivity index (χ2v) is 4.58. The van der Waals surface area contributed by atoms with E-state index in [9.17, 15) is 4.79 Å². The molecule has 0 N–H and O–H groups in total. The Hall–Kier alpha value is -2.23. The number of hydrogen-bond acceptors (Lipinski definition) is 4. The summed E-state index contributed by atoms with van der Waals surface area (Å²) in [5.74, 6) is 0.319. The van der Waals surface area contributed by atoms with Crippen molar-refractivity contribution in [1.82, 2.24) is 0 Å². The number of benzene rings is 1. The molecule has 4 heteroatoms. The molecule has 2 rings (SSSR count). The van der Waals surface area contributed by atoms with Gasteiger partial charge in [-0.05, 0) is 44.5 Å². The van der Waals surface area contributed by atoms with Crippen molar-refractivity contribution in [3.05, 3.63) is 41.7 Å². The highest BCUT2D eigenvalue weighted by Gasteiger charge is 2.16. The average Bonchev–Trinajstić information content (AvgIpc) is 2.93. The first-order valence-corrected chi connectivity index (χ1v) is 6.45. The summed E-state index contributed by atoms with van der Waals surface area (Å²) < 4.78 is 16.1. The summed E-state index contributed by atoms with van der Waals surface area (Å²) in [4.78, 5) is 11.8. The quantitative estimate of drug-likeness (QED) is 0.624. The molecule has 2 aromatic rings. The lowest BCUT2D eigenvalue weighted by Crippen LogP contribution is -2.09. The second kappa shape index (κ2) is 5.82. The van der Waals surface area contributed by atoms with Crippen LogP contribution in [0.1, 0.15) is 32.4 Å². The number of rotatable bonds is 4. The summed E-state index contributed by atoms with van der Waals surface area (Å²) in [6, 6.07) is 5.62. The molecule has 4 nitrogen and oxygen atoms in total. The van der Waals surface area contributed by atoms with Crippen LogP contribution in [-0.4, -0.2) is 13.1 Å². The first-order valence-electron chi connectivity index (χ1n) is 6.45.